The monoisotopic (exact) mass is 265 g/mol. The van der Waals surface area contributed by atoms with Gasteiger partial charge in [-0.1, -0.05) is 6.07 Å². The molecular formula is C13H19N3O3. The molecule has 1 fully saturated rings. The molecule has 0 aliphatic carbocycles. The molecule has 0 atom stereocenters. The summed E-state index contributed by atoms with van der Waals surface area (Å²) in [6, 6.07) is 4.86. The van der Waals surface area contributed by atoms with E-state index in [0.717, 1.165) is 26.2 Å². The minimum absolute atomic E-state index is 0.128. The smallest absolute Gasteiger partial charge is 0.269 e. The third kappa shape index (κ3) is 3.15. The molecule has 1 aliphatic rings. The average molecular weight is 265 g/mol. The molecule has 0 radical (unpaired) electrons. The molecule has 1 amide bonds. The maximum Gasteiger partial charge on any atom is 0.269 e. The second-order valence-corrected chi connectivity index (χ2v) is 4.59. The van der Waals surface area contributed by atoms with E-state index in [1.807, 2.05) is 12.1 Å². The minimum atomic E-state index is -0.319. The highest BCUT2D eigenvalue weighted by Gasteiger charge is 2.19. The quantitative estimate of drug-likeness (QED) is 0.822. The van der Waals surface area contributed by atoms with Crippen molar-refractivity contribution in [3.05, 3.63) is 23.8 Å². The van der Waals surface area contributed by atoms with E-state index in [0.29, 0.717) is 5.75 Å². The van der Waals surface area contributed by atoms with Crippen LogP contribution in [0.4, 0.5) is 0 Å². The number of phenolic OH excluding ortho intramolecular Hbond substituents is 1. The van der Waals surface area contributed by atoms with Crippen LogP contribution in [0.2, 0.25) is 0 Å². The van der Waals surface area contributed by atoms with E-state index in [1.54, 1.807) is 18.2 Å². The number of nitrogens with zero attached hydrogens (tertiary/aromatic N) is 2. The Bertz CT molecular complexity index is 456. The summed E-state index contributed by atoms with van der Waals surface area (Å²) in [4.78, 5) is 14.3. The SMILES string of the molecule is COc1cccc(C(=O)NN2CCN(C)CC2)c1O. The Morgan fingerprint density at radius 2 is 2.00 bits per heavy atom. The number of rotatable bonds is 3. The Labute approximate surface area is 112 Å². The van der Waals surface area contributed by atoms with Gasteiger partial charge in [-0.15, -0.1) is 0 Å². The van der Waals surface area contributed by atoms with Gasteiger partial charge in [-0.25, -0.2) is 5.01 Å². The maximum atomic E-state index is 12.1. The number of likely N-dealkylation sites (N-methyl/N-ethyl adjacent to an activating group) is 1. The van der Waals surface area contributed by atoms with Gasteiger partial charge in [-0.2, -0.15) is 0 Å². The van der Waals surface area contributed by atoms with Crippen molar-refractivity contribution in [3.8, 4) is 11.5 Å². The highest BCUT2D eigenvalue weighted by Crippen LogP contribution is 2.29. The molecule has 0 aromatic heterocycles. The fourth-order valence-electron chi connectivity index (χ4n) is 1.99. The summed E-state index contributed by atoms with van der Waals surface area (Å²) in [5.41, 5.74) is 3.02. The second-order valence-electron chi connectivity index (χ2n) is 4.59. The molecule has 0 saturated carbocycles. The van der Waals surface area contributed by atoms with Crippen LogP contribution in [-0.2, 0) is 0 Å². The first kappa shape index (κ1) is 13.6. The van der Waals surface area contributed by atoms with E-state index in [2.05, 4.69) is 10.3 Å². The molecule has 19 heavy (non-hydrogen) atoms. The van der Waals surface area contributed by atoms with E-state index in [1.165, 1.54) is 7.11 Å². The molecular weight excluding hydrogens is 246 g/mol. The van der Waals surface area contributed by atoms with Crippen molar-refractivity contribution in [2.75, 3.05) is 40.3 Å². The number of piperazine rings is 1. The lowest BCUT2D eigenvalue weighted by Crippen LogP contribution is -2.52. The highest BCUT2D eigenvalue weighted by molar-refractivity contribution is 5.97. The first-order chi connectivity index (χ1) is 9.11. The van der Waals surface area contributed by atoms with Gasteiger partial charge in [0.25, 0.3) is 5.91 Å². The number of phenols is 1. The van der Waals surface area contributed by atoms with E-state index >= 15 is 0 Å². The van der Waals surface area contributed by atoms with E-state index in [9.17, 15) is 9.90 Å². The number of carbonyl (C=O) groups excluding carboxylic acids is 1. The molecule has 0 bridgehead atoms. The molecule has 0 spiro atoms. The van der Waals surface area contributed by atoms with Gasteiger partial charge in [0.2, 0.25) is 0 Å². The van der Waals surface area contributed by atoms with Gasteiger partial charge in [-0.05, 0) is 19.2 Å². The Balaban J connectivity index is 2.04. The number of amides is 1. The fourth-order valence-corrected chi connectivity index (χ4v) is 1.99. The number of methoxy groups -OCH3 is 1. The predicted molar refractivity (Wildman–Crippen MR) is 71.2 cm³/mol. The van der Waals surface area contributed by atoms with Crippen LogP contribution in [0.3, 0.4) is 0 Å². The van der Waals surface area contributed by atoms with Crippen molar-refractivity contribution in [2.24, 2.45) is 0 Å². The zero-order chi connectivity index (χ0) is 13.8. The third-order valence-corrected chi connectivity index (χ3v) is 3.23. The van der Waals surface area contributed by atoms with Crippen LogP contribution in [0, 0.1) is 0 Å². The number of ether oxygens (including phenoxy) is 1. The molecule has 1 saturated heterocycles. The summed E-state index contributed by atoms with van der Waals surface area (Å²) < 4.78 is 4.99. The van der Waals surface area contributed by atoms with Crippen molar-refractivity contribution in [1.82, 2.24) is 15.3 Å². The lowest BCUT2D eigenvalue weighted by Gasteiger charge is -2.32. The average Bonchev–Trinajstić information content (AvgIpc) is 2.41. The number of hydrazine groups is 1. The van der Waals surface area contributed by atoms with E-state index < -0.39 is 0 Å². The van der Waals surface area contributed by atoms with Gasteiger partial charge in [0.05, 0.1) is 12.7 Å². The van der Waals surface area contributed by atoms with Crippen molar-refractivity contribution in [2.45, 2.75) is 0 Å². The van der Waals surface area contributed by atoms with Crippen LogP contribution < -0.4 is 10.2 Å². The topological polar surface area (TPSA) is 65.0 Å². The number of nitrogens with one attached hydrogen (secondary N) is 1. The zero-order valence-electron chi connectivity index (χ0n) is 11.2. The Morgan fingerprint density at radius 1 is 1.32 bits per heavy atom. The Morgan fingerprint density at radius 3 is 2.63 bits per heavy atom. The van der Waals surface area contributed by atoms with Gasteiger partial charge in [-0.3, -0.25) is 10.2 Å². The summed E-state index contributed by atoms with van der Waals surface area (Å²) in [6.07, 6.45) is 0. The van der Waals surface area contributed by atoms with Crippen LogP contribution in [0.25, 0.3) is 0 Å². The standard InChI is InChI=1S/C13H19N3O3/c1-15-6-8-16(9-7-15)14-13(18)10-4-3-5-11(19-2)12(10)17/h3-5,17H,6-9H2,1-2H3,(H,14,18). The van der Waals surface area contributed by atoms with Gasteiger partial charge in [0, 0.05) is 26.2 Å². The molecule has 6 heteroatoms. The Hall–Kier alpha value is -1.79. The zero-order valence-corrected chi connectivity index (χ0v) is 11.2. The second kappa shape index (κ2) is 5.90. The molecule has 1 aromatic carbocycles. The summed E-state index contributed by atoms with van der Waals surface area (Å²) >= 11 is 0. The minimum Gasteiger partial charge on any atom is -0.504 e. The lowest BCUT2D eigenvalue weighted by molar-refractivity contribution is 0.0659. The van der Waals surface area contributed by atoms with Crippen molar-refractivity contribution in [3.63, 3.8) is 0 Å². The lowest BCUT2D eigenvalue weighted by atomic mass is 10.2. The van der Waals surface area contributed by atoms with Crippen LogP contribution >= 0.6 is 0 Å². The van der Waals surface area contributed by atoms with Gasteiger partial charge < -0.3 is 14.7 Å². The summed E-state index contributed by atoms with van der Waals surface area (Å²) in [6.45, 7) is 3.36. The third-order valence-electron chi connectivity index (χ3n) is 3.23. The maximum absolute atomic E-state index is 12.1. The summed E-state index contributed by atoms with van der Waals surface area (Å²) in [5.74, 6) is -0.149. The largest absolute Gasteiger partial charge is 0.504 e. The molecule has 1 aromatic rings. The molecule has 104 valence electrons. The number of aromatic hydroxyl groups is 1. The number of benzene rings is 1. The van der Waals surface area contributed by atoms with Gasteiger partial charge >= 0.3 is 0 Å². The van der Waals surface area contributed by atoms with Gasteiger partial charge in [0.1, 0.15) is 0 Å². The number of hydrogen-bond donors (Lipinski definition) is 2. The van der Waals surface area contributed by atoms with Crippen LogP contribution in [-0.4, -0.2) is 61.3 Å². The predicted octanol–water partition coefficient (Wildman–Crippen LogP) is 0.293. The molecule has 1 heterocycles. The van der Waals surface area contributed by atoms with Crippen molar-refractivity contribution in [1.29, 1.82) is 0 Å². The Kier molecular flexibility index (Phi) is 4.24. The van der Waals surface area contributed by atoms with E-state index in [4.69, 9.17) is 4.74 Å². The number of para-hydroxylation sites is 1. The van der Waals surface area contributed by atoms with E-state index in [-0.39, 0.29) is 17.2 Å². The number of carbonyl (C=O) groups is 1. The molecule has 1 aliphatic heterocycles. The summed E-state index contributed by atoms with van der Waals surface area (Å²) in [5, 5.41) is 11.8. The molecule has 0 unspecified atom stereocenters. The highest BCUT2D eigenvalue weighted by atomic mass is 16.5. The molecule has 6 nitrogen and oxygen atoms in total. The first-order valence-corrected chi connectivity index (χ1v) is 6.22. The number of hydrogen-bond acceptors (Lipinski definition) is 5. The van der Waals surface area contributed by atoms with Crippen LogP contribution in [0.15, 0.2) is 18.2 Å². The van der Waals surface area contributed by atoms with Crippen LogP contribution in [0.1, 0.15) is 10.4 Å². The van der Waals surface area contributed by atoms with Crippen molar-refractivity contribution >= 4 is 5.91 Å². The first-order valence-electron chi connectivity index (χ1n) is 6.22. The summed E-state index contributed by atoms with van der Waals surface area (Å²) in [7, 11) is 3.50. The van der Waals surface area contributed by atoms with Crippen LogP contribution in [0.5, 0.6) is 11.5 Å². The van der Waals surface area contributed by atoms with Crippen molar-refractivity contribution < 1.29 is 14.6 Å². The normalized spacial score (nSPS) is 17.2. The fraction of sp³-hybridized carbons (Fsp3) is 0.462. The van der Waals surface area contributed by atoms with Gasteiger partial charge in [0.15, 0.2) is 11.5 Å². The molecule has 2 N–H and O–H groups in total. The molecule has 2 rings (SSSR count).